The molecule has 3 rings (SSSR count). The van der Waals surface area contributed by atoms with Crippen LogP contribution in [0, 0.1) is 0 Å². The van der Waals surface area contributed by atoms with Crippen molar-refractivity contribution in [2.24, 2.45) is 0 Å². The maximum absolute atomic E-state index is 12.5. The van der Waals surface area contributed by atoms with Crippen molar-refractivity contribution in [1.82, 2.24) is 10.2 Å². The second kappa shape index (κ2) is 8.16. The maximum atomic E-state index is 12.5. The molecule has 1 N–H and O–H groups in total. The van der Waals surface area contributed by atoms with Crippen LogP contribution in [0.5, 0.6) is 0 Å². The minimum Gasteiger partial charge on any atom is -0.343 e. The number of ketones is 1. The summed E-state index contributed by atoms with van der Waals surface area (Å²) in [5.74, 6) is -0.244. The monoisotopic (exact) mass is 364 g/mol. The first-order valence-electron chi connectivity index (χ1n) is 9.20. The van der Waals surface area contributed by atoms with Crippen LogP contribution in [0.1, 0.15) is 35.7 Å². The number of nitrogens with zero attached hydrogens (tertiary/aromatic N) is 1. The average Bonchev–Trinajstić information content (AvgIpc) is 2.73. The standard InChI is InChI=1S/C22H24N2O3/c1-17(25)22(19-10-6-3-7-11-19)12-14-24(15-13-22)20(26)16-23-21(27)18-8-4-2-5-9-18/h2-11H,12-16H2,1H3,(H,23,27). The number of Topliss-reactive ketones (excluding diaryl/α,β-unsaturated/α-hetero) is 1. The van der Waals surface area contributed by atoms with Gasteiger partial charge in [0.05, 0.1) is 12.0 Å². The van der Waals surface area contributed by atoms with Crippen molar-refractivity contribution >= 4 is 17.6 Å². The fourth-order valence-electron chi connectivity index (χ4n) is 3.70. The molecule has 140 valence electrons. The zero-order valence-electron chi connectivity index (χ0n) is 15.5. The molecule has 1 fully saturated rings. The van der Waals surface area contributed by atoms with Gasteiger partial charge in [0.25, 0.3) is 5.91 Å². The Morgan fingerprint density at radius 1 is 0.926 bits per heavy atom. The molecule has 1 aliphatic rings. The highest BCUT2D eigenvalue weighted by molar-refractivity contribution is 5.96. The molecule has 5 heteroatoms. The summed E-state index contributed by atoms with van der Waals surface area (Å²) in [4.78, 5) is 38.7. The van der Waals surface area contributed by atoms with Gasteiger partial charge in [-0.3, -0.25) is 14.4 Å². The number of carbonyl (C=O) groups is 3. The molecule has 0 aromatic heterocycles. The Morgan fingerprint density at radius 3 is 2.04 bits per heavy atom. The van der Waals surface area contributed by atoms with E-state index in [1.54, 1.807) is 36.1 Å². The van der Waals surface area contributed by atoms with Crippen LogP contribution in [0.25, 0.3) is 0 Å². The Kier molecular flexibility index (Phi) is 5.69. The summed E-state index contributed by atoms with van der Waals surface area (Å²) in [6, 6.07) is 18.6. The van der Waals surface area contributed by atoms with Crippen molar-refractivity contribution in [3.8, 4) is 0 Å². The van der Waals surface area contributed by atoms with Gasteiger partial charge in [-0.15, -0.1) is 0 Å². The second-order valence-electron chi connectivity index (χ2n) is 6.93. The molecule has 1 heterocycles. The fourth-order valence-corrected chi connectivity index (χ4v) is 3.70. The van der Waals surface area contributed by atoms with Gasteiger partial charge >= 0.3 is 0 Å². The lowest BCUT2D eigenvalue weighted by atomic mass is 9.70. The molecule has 0 bridgehead atoms. The minimum atomic E-state index is -0.522. The van der Waals surface area contributed by atoms with Crippen LogP contribution in [0.2, 0.25) is 0 Å². The minimum absolute atomic E-state index is 0.0356. The van der Waals surface area contributed by atoms with E-state index in [-0.39, 0.29) is 24.1 Å². The second-order valence-corrected chi connectivity index (χ2v) is 6.93. The fraction of sp³-hybridized carbons (Fsp3) is 0.318. The zero-order chi connectivity index (χ0) is 19.3. The lowest BCUT2D eigenvalue weighted by Crippen LogP contribution is -2.50. The molecular formula is C22H24N2O3. The summed E-state index contributed by atoms with van der Waals surface area (Å²) in [6.07, 6.45) is 1.20. The van der Waals surface area contributed by atoms with E-state index in [9.17, 15) is 14.4 Å². The number of nitrogens with one attached hydrogen (secondary N) is 1. The Hall–Kier alpha value is -2.95. The van der Waals surface area contributed by atoms with Gasteiger partial charge in [-0.05, 0) is 37.5 Å². The van der Waals surface area contributed by atoms with Crippen LogP contribution < -0.4 is 5.32 Å². The van der Waals surface area contributed by atoms with Gasteiger partial charge in [0, 0.05) is 18.7 Å². The lowest BCUT2D eigenvalue weighted by Gasteiger charge is -2.40. The van der Waals surface area contributed by atoms with Crippen molar-refractivity contribution in [1.29, 1.82) is 0 Å². The highest BCUT2D eigenvalue weighted by Gasteiger charge is 2.41. The van der Waals surface area contributed by atoms with Crippen LogP contribution in [-0.2, 0) is 15.0 Å². The maximum Gasteiger partial charge on any atom is 0.251 e. The topological polar surface area (TPSA) is 66.5 Å². The average molecular weight is 364 g/mol. The van der Waals surface area contributed by atoms with Gasteiger partial charge in [-0.25, -0.2) is 0 Å². The zero-order valence-corrected chi connectivity index (χ0v) is 15.5. The van der Waals surface area contributed by atoms with E-state index in [1.165, 1.54) is 0 Å². The summed E-state index contributed by atoms with van der Waals surface area (Å²) < 4.78 is 0. The quantitative estimate of drug-likeness (QED) is 0.887. The molecule has 0 spiro atoms. The molecule has 27 heavy (non-hydrogen) atoms. The molecule has 1 aliphatic heterocycles. The molecule has 2 aromatic rings. The smallest absolute Gasteiger partial charge is 0.251 e. The number of hydrogen-bond acceptors (Lipinski definition) is 3. The van der Waals surface area contributed by atoms with Crippen LogP contribution >= 0.6 is 0 Å². The molecule has 0 aliphatic carbocycles. The summed E-state index contributed by atoms with van der Waals surface area (Å²) in [6.45, 7) is 2.61. The highest BCUT2D eigenvalue weighted by atomic mass is 16.2. The van der Waals surface area contributed by atoms with Crippen molar-refractivity contribution in [3.63, 3.8) is 0 Å². The Morgan fingerprint density at radius 2 is 1.48 bits per heavy atom. The summed E-state index contributed by atoms with van der Waals surface area (Å²) in [7, 11) is 0. The predicted molar refractivity (Wildman–Crippen MR) is 103 cm³/mol. The SMILES string of the molecule is CC(=O)C1(c2ccccc2)CCN(C(=O)CNC(=O)c2ccccc2)CC1. The van der Waals surface area contributed by atoms with Crippen LogP contribution in [0.4, 0.5) is 0 Å². The van der Waals surface area contributed by atoms with E-state index in [2.05, 4.69) is 5.32 Å². The molecule has 1 saturated heterocycles. The first-order valence-corrected chi connectivity index (χ1v) is 9.20. The van der Waals surface area contributed by atoms with Crippen molar-refractivity contribution in [2.45, 2.75) is 25.2 Å². The Labute approximate surface area is 159 Å². The highest BCUT2D eigenvalue weighted by Crippen LogP contribution is 2.36. The van der Waals surface area contributed by atoms with E-state index < -0.39 is 5.41 Å². The molecule has 0 radical (unpaired) electrons. The number of amides is 2. The number of piperidine rings is 1. The number of rotatable bonds is 5. The molecule has 0 unspecified atom stereocenters. The van der Waals surface area contributed by atoms with Gasteiger partial charge in [0.1, 0.15) is 5.78 Å². The van der Waals surface area contributed by atoms with E-state index in [1.807, 2.05) is 36.4 Å². The molecular weight excluding hydrogens is 340 g/mol. The molecule has 5 nitrogen and oxygen atoms in total. The van der Waals surface area contributed by atoms with E-state index in [0.29, 0.717) is 31.5 Å². The normalized spacial score (nSPS) is 15.8. The molecule has 2 aromatic carbocycles. The van der Waals surface area contributed by atoms with Gasteiger partial charge in [0.2, 0.25) is 5.91 Å². The molecule has 0 saturated carbocycles. The molecule has 2 amide bonds. The number of hydrogen-bond donors (Lipinski definition) is 1. The van der Waals surface area contributed by atoms with E-state index >= 15 is 0 Å². The largest absolute Gasteiger partial charge is 0.343 e. The third-order valence-electron chi connectivity index (χ3n) is 5.41. The van der Waals surface area contributed by atoms with Gasteiger partial charge in [0.15, 0.2) is 0 Å². The van der Waals surface area contributed by atoms with Crippen LogP contribution in [0.3, 0.4) is 0 Å². The summed E-state index contributed by atoms with van der Waals surface area (Å²) >= 11 is 0. The van der Waals surface area contributed by atoms with Gasteiger partial charge in [-0.1, -0.05) is 48.5 Å². The van der Waals surface area contributed by atoms with Crippen LogP contribution in [-0.4, -0.2) is 42.1 Å². The third-order valence-corrected chi connectivity index (χ3v) is 5.41. The summed E-state index contributed by atoms with van der Waals surface area (Å²) in [5.41, 5.74) is 1.02. The number of likely N-dealkylation sites (tertiary alicyclic amines) is 1. The van der Waals surface area contributed by atoms with Gasteiger partial charge < -0.3 is 10.2 Å². The number of benzene rings is 2. The summed E-state index contributed by atoms with van der Waals surface area (Å²) in [5, 5.41) is 2.67. The van der Waals surface area contributed by atoms with Gasteiger partial charge in [-0.2, -0.15) is 0 Å². The molecule has 0 atom stereocenters. The van der Waals surface area contributed by atoms with Crippen molar-refractivity contribution < 1.29 is 14.4 Å². The Bertz CT molecular complexity index is 810. The lowest BCUT2D eigenvalue weighted by molar-refractivity contribution is -0.134. The van der Waals surface area contributed by atoms with Crippen molar-refractivity contribution in [3.05, 3.63) is 71.8 Å². The number of carbonyl (C=O) groups excluding carboxylic acids is 3. The Balaban J connectivity index is 1.59. The van der Waals surface area contributed by atoms with E-state index in [0.717, 1.165) is 5.56 Å². The van der Waals surface area contributed by atoms with Crippen molar-refractivity contribution in [2.75, 3.05) is 19.6 Å². The van der Waals surface area contributed by atoms with Crippen LogP contribution in [0.15, 0.2) is 60.7 Å². The van der Waals surface area contributed by atoms with E-state index in [4.69, 9.17) is 0 Å². The first kappa shape index (κ1) is 18.8. The predicted octanol–water partition coefficient (Wildman–Crippen LogP) is 2.57. The first-order chi connectivity index (χ1) is 13.0. The third kappa shape index (κ3) is 4.08.